The predicted molar refractivity (Wildman–Crippen MR) is 78.7 cm³/mol. The molecular formula is C15H24ClNO. The number of benzene rings is 1. The maximum absolute atomic E-state index is 6.13. The zero-order chi connectivity index (χ0) is 13.6. The Morgan fingerprint density at radius 1 is 1.28 bits per heavy atom. The van der Waals surface area contributed by atoms with Gasteiger partial charge in [0, 0.05) is 11.6 Å². The fraction of sp³-hybridized carbons (Fsp3) is 0.600. The molecule has 0 bridgehead atoms. The molecule has 1 aromatic carbocycles. The molecule has 0 saturated heterocycles. The van der Waals surface area contributed by atoms with Gasteiger partial charge in [0.15, 0.2) is 0 Å². The molecule has 0 heterocycles. The van der Waals surface area contributed by atoms with Crippen molar-refractivity contribution in [3.05, 3.63) is 28.8 Å². The van der Waals surface area contributed by atoms with Gasteiger partial charge in [-0.25, -0.2) is 0 Å². The highest BCUT2D eigenvalue weighted by Crippen LogP contribution is 2.26. The van der Waals surface area contributed by atoms with Crippen LogP contribution in [0.5, 0.6) is 5.75 Å². The van der Waals surface area contributed by atoms with Crippen LogP contribution in [0.2, 0.25) is 5.02 Å². The number of nitrogens with one attached hydrogen (secondary N) is 1. The second-order valence-electron chi connectivity index (χ2n) is 4.79. The molecule has 2 nitrogen and oxygen atoms in total. The van der Waals surface area contributed by atoms with E-state index >= 15 is 0 Å². The molecule has 3 heteroatoms. The normalized spacial score (nSPS) is 14.3. The molecule has 0 spiro atoms. The second kappa shape index (κ2) is 7.01. The van der Waals surface area contributed by atoms with Crippen LogP contribution in [0.1, 0.15) is 39.7 Å². The van der Waals surface area contributed by atoms with Gasteiger partial charge in [-0.2, -0.15) is 0 Å². The summed E-state index contributed by atoms with van der Waals surface area (Å²) in [4.78, 5) is 0. The van der Waals surface area contributed by atoms with Crippen molar-refractivity contribution in [2.24, 2.45) is 0 Å². The van der Waals surface area contributed by atoms with Crippen molar-refractivity contribution in [3.8, 4) is 5.75 Å². The molecule has 0 fully saturated rings. The number of halogens is 1. The van der Waals surface area contributed by atoms with E-state index in [1.807, 2.05) is 18.2 Å². The molecule has 0 aliphatic rings. The van der Waals surface area contributed by atoms with E-state index in [0.717, 1.165) is 42.3 Å². The summed E-state index contributed by atoms with van der Waals surface area (Å²) in [7, 11) is 0. The van der Waals surface area contributed by atoms with E-state index in [-0.39, 0.29) is 5.60 Å². The lowest BCUT2D eigenvalue weighted by molar-refractivity contribution is 0.0841. The van der Waals surface area contributed by atoms with Gasteiger partial charge in [0.05, 0.1) is 0 Å². The second-order valence-corrected chi connectivity index (χ2v) is 5.20. The third kappa shape index (κ3) is 4.18. The van der Waals surface area contributed by atoms with Crippen LogP contribution < -0.4 is 10.1 Å². The van der Waals surface area contributed by atoms with Crippen LogP contribution in [0.25, 0.3) is 0 Å². The van der Waals surface area contributed by atoms with Gasteiger partial charge in [-0.3, -0.25) is 0 Å². The monoisotopic (exact) mass is 269 g/mol. The van der Waals surface area contributed by atoms with Crippen molar-refractivity contribution in [1.29, 1.82) is 0 Å². The first-order valence-electron chi connectivity index (χ1n) is 6.72. The van der Waals surface area contributed by atoms with Crippen molar-refractivity contribution < 1.29 is 4.74 Å². The summed E-state index contributed by atoms with van der Waals surface area (Å²) in [5.41, 5.74) is 0.963. The van der Waals surface area contributed by atoms with Gasteiger partial charge in [-0.05, 0) is 50.1 Å². The molecule has 0 amide bonds. The van der Waals surface area contributed by atoms with E-state index in [0.29, 0.717) is 0 Å². The summed E-state index contributed by atoms with van der Waals surface area (Å²) in [6.07, 6.45) is 1.89. The van der Waals surface area contributed by atoms with Crippen molar-refractivity contribution >= 4 is 11.6 Å². The van der Waals surface area contributed by atoms with Crippen LogP contribution in [-0.4, -0.2) is 18.7 Å². The molecule has 0 radical (unpaired) electrons. The molecule has 1 unspecified atom stereocenters. The first-order valence-corrected chi connectivity index (χ1v) is 7.10. The van der Waals surface area contributed by atoms with Crippen LogP contribution in [0, 0.1) is 0 Å². The Labute approximate surface area is 116 Å². The van der Waals surface area contributed by atoms with Crippen molar-refractivity contribution in [1.82, 2.24) is 5.32 Å². The van der Waals surface area contributed by atoms with Crippen molar-refractivity contribution in [3.63, 3.8) is 0 Å². The van der Waals surface area contributed by atoms with Crippen molar-refractivity contribution in [2.75, 3.05) is 13.1 Å². The fourth-order valence-corrected chi connectivity index (χ4v) is 2.04. The van der Waals surface area contributed by atoms with Crippen LogP contribution in [0.15, 0.2) is 18.2 Å². The number of ether oxygens (including phenoxy) is 1. The third-order valence-corrected chi connectivity index (χ3v) is 3.63. The highest BCUT2D eigenvalue weighted by atomic mass is 35.5. The van der Waals surface area contributed by atoms with Crippen LogP contribution in [0.4, 0.5) is 0 Å². The molecule has 102 valence electrons. The standard InChI is InChI=1S/C15H24ClNO/c1-5-12-10-13(8-9-14(12)16)18-15(4,6-2)11-17-7-3/h8-10,17H,5-7,11H2,1-4H3. The predicted octanol–water partition coefficient (Wildman–Crippen LogP) is 4.06. The Hall–Kier alpha value is -0.730. The highest BCUT2D eigenvalue weighted by Gasteiger charge is 2.23. The van der Waals surface area contributed by atoms with Gasteiger partial charge in [0.25, 0.3) is 0 Å². The maximum Gasteiger partial charge on any atom is 0.120 e. The van der Waals surface area contributed by atoms with Gasteiger partial charge in [0.1, 0.15) is 11.4 Å². The number of hydrogen-bond donors (Lipinski definition) is 1. The summed E-state index contributed by atoms with van der Waals surface area (Å²) in [5.74, 6) is 0.901. The zero-order valence-electron chi connectivity index (χ0n) is 11.8. The van der Waals surface area contributed by atoms with E-state index in [4.69, 9.17) is 16.3 Å². The van der Waals surface area contributed by atoms with Crippen LogP contribution in [-0.2, 0) is 6.42 Å². The van der Waals surface area contributed by atoms with E-state index in [1.165, 1.54) is 0 Å². The molecule has 18 heavy (non-hydrogen) atoms. The highest BCUT2D eigenvalue weighted by molar-refractivity contribution is 6.31. The first-order chi connectivity index (χ1) is 8.54. The summed E-state index contributed by atoms with van der Waals surface area (Å²) in [5, 5.41) is 4.16. The minimum Gasteiger partial charge on any atom is -0.486 e. The summed E-state index contributed by atoms with van der Waals surface area (Å²) in [6, 6.07) is 5.91. The van der Waals surface area contributed by atoms with Gasteiger partial charge < -0.3 is 10.1 Å². The topological polar surface area (TPSA) is 21.3 Å². The molecule has 1 N–H and O–H groups in total. The molecule has 0 saturated carbocycles. The molecule has 0 aromatic heterocycles. The van der Waals surface area contributed by atoms with Gasteiger partial charge in [-0.1, -0.05) is 32.4 Å². The number of aryl methyl sites for hydroxylation is 1. The lowest BCUT2D eigenvalue weighted by Crippen LogP contribution is -2.42. The molecule has 1 aromatic rings. The zero-order valence-corrected chi connectivity index (χ0v) is 12.6. The number of hydrogen-bond acceptors (Lipinski definition) is 2. The average molecular weight is 270 g/mol. The van der Waals surface area contributed by atoms with Crippen LogP contribution >= 0.6 is 11.6 Å². The maximum atomic E-state index is 6.13. The Bertz CT molecular complexity index is 381. The average Bonchev–Trinajstić information content (AvgIpc) is 2.38. The smallest absolute Gasteiger partial charge is 0.120 e. The summed E-state index contributed by atoms with van der Waals surface area (Å²) >= 11 is 6.12. The lowest BCUT2D eigenvalue weighted by atomic mass is 10.0. The Morgan fingerprint density at radius 2 is 2.00 bits per heavy atom. The molecule has 0 aliphatic carbocycles. The third-order valence-electron chi connectivity index (χ3n) is 3.26. The van der Waals surface area contributed by atoms with E-state index < -0.39 is 0 Å². The van der Waals surface area contributed by atoms with Gasteiger partial charge in [0.2, 0.25) is 0 Å². The van der Waals surface area contributed by atoms with E-state index in [2.05, 4.69) is 33.0 Å². The van der Waals surface area contributed by atoms with E-state index in [9.17, 15) is 0 Å². The SMILES string of the molecule is CCNCC(C)(CC)Oc1ccc(Cl)c(CC)c1. The minimum atomic E-state index is -0.172. The fourth-order valence-electron chi connectivity index (χ4n) is 1.79. The Balaban J connectivity index is 2.81. The van der Waals surface area contributed by atoms with E-state index in [1.54, 1.807) is 0 Å². The largest absolute Gasteiger partial charge is 0.486 e. The van der Waals surface area contributed by atoms with Gasteiger partial charge >= 0.3 is 0 Å². The molecule has 1 atom stereocenters. The Morgan fingerprint density at radius 3 is 2.56 bits per heavy atom. The molecular weight excluding hydrogens is 246 g/mol. The quantitative estimate of drug-likeness (QED) is 0.806. The van der Waals surface area contributed by atoms with Crippen LogP contribution in [0.3, 0.4) is 0 Å². The number of likely N-dealkylation sites (N-methyl/N-ethyl adjacent to an activating group) is 1. The number of rotatable bonds is 7. The minimum absolute atomic E-state index is 0.172. The summed E-state index contributed by atoms with van der Waals surface area (Å²) in [6.45, 7) is 10.3. The molecule has 1 rings (SSSR count). The molecule has 0 aliphatic heterocycles. The van der Waals surface area contributed by atoms with Crippen molar-refractivity contribution in [2.45, 2.75) is 46.1 Å². The first kappa shape index (κ1) is 15.3. The summed E-state index contributed by atoms with van der Waals surface area (Å²) < 4.78 is 6.13. The lowest BCUT2D eigenvalue weighted by Gasteiger charge is -2.30. The van der Waals surface area contributed by atoms with Gasteiger partial charge in [-0.15, -0.1) is 0 Å². The Kier molecular flexibility index (Phi) is 5.97.